The maximum absolute atomic E-state index is 12.1. The molecule has 0 unspecified atom stereocenters. The maximum Gasteiger partial charge on any atom is 0.433 e. The summed E-state index contributed by atoms with van der Waals surface area (Å²) in [5.74, 6) is -0.690. The number of rotatable bonds is 4. The number of ketones is 1. The minimum atomic E-state index is -0.660. The first-order chi connectivity index (χ1) is 10.1. The second kappa shape index (κ2) is 5.20. The van der Waals surface area contributed by atoms with Crippen molar-refractivity contribution >= 4 is 22.4 Å². The van der Waals surface area contributed by atoms with E-state index < -0.39 is 10.8 Å². The number of hydrogen-bond donors (Lipinski definition) is 0. The molecule has 0 fully saturated rings. The molecule has 0 spiro atoms. The third-order valence-electron chi connectivity index (χ3n) is 3.23. The average Bonchev–Trinajstić information content (AvgIpc) is 2.97. The van der Waals surface area contributed by atoms with Gasteiger partial charge in [-0.3, -0.25) is 14.9 Å². The predicted molar refractivity (Wildman–Crippen MR) is 77.3 cm³/mol. The molecule has 5 heteroatoms. The van der Waals surface area contributed by atoms with Crippen molar-refractivity contribution in [1.82, 2.24) is 0 Å². The van der Waals surface area contributed by atoms with Crippen molar-refractivity contribution in [2.45, 2.75) is 6.42 Å². The van der Waals surface area contributed by atoms with Crippen molar-refractivity contribution < 1.29 is 14.1 Å². The Kier molecular flexibility index (Phi) is 3.23. The molecule has 21 heavy (non-hydrogen) atoms. The Morgan fingerprint density at radius 3 is 2.52 bits per heavy atom. The highest BCUT2D eigenvalue weighted by atomic mass is 16.6. The number of nitro groups is 1. The van der Waals surface area contributed by atoms with Crippen LogP contribution in [0.25, 0.3) is 10.8 Å². The standard InChI is InChI=1S/C16H11NO4/c18-14(15-7-8-16(21-15)17(19)20)10-11-5-6-12-3-1-2-4-13(12)9-11/h1-9H,10H2. The summed E-state index contributed by atoms with van der Waals surface area (Å²) in [5, 5.41) is 12.7. The van der Waals surface area contributed by atoms with Crippen LogP contribution in [0.2, 0.25) is 0 Å². The molecule has 2 aromatic carbocycles. The van der Waals surface area contributed by atoms with Crippen LogP contribution < -0.4 is 0 Å². The zero-order chi connectivity index (χ0) is 14.8. The van der Waals surface area contributed by atoms with Gasteiger partial charge in [-0.25, -0.2) is 0 Å². The summed E-state index contributed by atoms with van der Waals surface area (Å²) in [6, 6.07) is 16.1. The fraction of sp³-hybridized carbons (Fsp3) is 0.0625. The largest absolute Gasteiger partial charge is 0.433 e. The number of nitrogens with zero attached hydrogens (tertiary/aromatic N) is 1. The molecule has 0 N–H and O–H groups in total. The van der Waals surface area contributed by atoms with Crippen molar-refractivity contribution in [3.05, 3.63) is 76.0 Å². The highest BCUT2D eigenvalue weighted by Gasteiger charge is 2.17. The highest BCUT2D eigenvalue weighted by Crippen LogP contribution is 2.20. The Balaban J connectivity index is 1.83. The maximum atomic E-state index is 12.1. The molecule has 0 saturated carbocycles. The minimum absolute atomic E-state index is 0.00913. The van der Waals surface area contributed by atoms with Crippen LogP contribution in [0.1, 0.15) is 16.1 Å². The fourth-order valence-corrected chi connectivity index (χ4v) is 2.20. The molecule has 0 amide bonds. The van der Waals surface area contributed by atoms with Crippen LogP contribution in [0.3, 0.4) is 0 Å². The van der Waals surface area contributed by atoms with Crippen molar-refractivity contribution in [2.75, 3.05) is 0 Å². The molecular weight excluding hydrogens is 270 g/mol. The normalized spacial score (nSPS) is 10.7. The molecule has 1 aromatic heterocycles. The van der Waals surface area contributed by atoms with Gasteiger partial charge in [0.05, 0.1) is 6.07 Å². The van der Waals surface area contributed by atoms with E-state index in [2.05, 4.69) is 0 Å². The summed E-state index contributed by atoms with van der Waals surface area (Å²) in [6.07, 6.45) is 0.148. The Hall–Kier alpha value is -2.95. The second-order valence-corrected chi connectivity index (χ2v) is 4.68. The van der Waals surface area contributed by atoms with E-state index in [0.29, 0.717) is 0 Å². The summed E-state index contributed by atoms with van der Waals surface area (Å²) in [5.41, 5.74) is 0.845. The highest BCUT2D eigenvalue weighted by molar-refractivity contribution is 5.96. The molecule has 0 aliphatic carbocycles. The van der Waals surface area contributed by atoms with Crippen LogP contribution in [0.5, 0.6) is 0 Å². The Morgan fingerprint density at radius 1 is 1.05 bits per heavy atom. The molecule has 0 radical (unpaired) electrons. The fourth-order valence-electron chi connectivity index (χ4n) is 2.20. The first-order valence-electron chi connectivity index (χ1n) is 6.38. The van der Waals surface area contributed by atoms with E-state index in [9.17, 15) is 14.9 Å². The third kappa shape index (κ3) is 2.67. The molecular formula is C16H11NO4. The van der Waals surface area contributed by atoms with Gasteiger partial charge in [0.2, 0.25) is 5.78 Å². The lowest BCUT2D eigenvalue weighted by atomic mass is 10.0. The van der Waals surface area contributed by atoms with Crippen molar-refractivity contribution in [2.24, 2.45) is 0 Å². The number of carbonyl (C=O) groups is 1. The summed E-state index contributed by atoms with van der Waals surface area (Å²) < 4.78 is 4.92. The molecule has 0 aliphatic rings. The summed E-state index contributed by atoms with van der Waals surface area (Å²) in [6.45, 7) is 0. The minimum Gasteiger partial charge on any atom is -0.397 e. The number of benzene rings is 2. The lowest BCUT2D eigenvalue weighted by molar-refractivity contribution is -0.402. The zero-order valence-corrected chi connectivity index (χ0v) is 11.0. The van der Waals surface area contributed by atoms with E-state index in [-0.39, 0.29) is 18.0 Å². The monoisotopic (exact) mass is 281 g/mol. The van der Waals surface area contributed by atoms with E-state index >= 15 is 0 Å². The third-order valence-corrected chi connectivity index (χ3v) is 3.23. The molecule has 3 aromatic rings. The van der Waals surface area contributed by atoms with E-state index in [0.717, 1.165) is 16.3 Å². The quantitative estimate of drug-likeness (QED) is 0.414. The van der Waals surface area contributed by atoms with E-state index in [1.807, 2.05) is 42.5 Å². The van der Waals surface area contributed by atoms with Crippen LogP contribution in [-0.4, -0.2) is 10.7 Å². The van der Waals surface area contributed by atoms with Crippen LogP contribution in [0.15, 0.2) is 59.0 Å². The van der Waals surface area contributed by atoms with E-state index in [1.54, 1.807) is 0 Å². The lowest BCUT2D eigenvalue weighted by Gasteiger charge is -2.02. The van der Waals surface area contributed by atoms with Crippen molar-refractivity contribution in [1.29, 1.82) is 0 Å². The summed E-state index contributed by atoms with van der Waals surface area (Å²) in [4.78, 5) is 22.0. The number of carbonyl (C=O) groups excluding carboxylic acids is 1. The average molecular weight is 281 g/mol. The van der Waals surface area contributed by atoms with Crippen LogP contribution >= 0.6 is 0 Å². The number of furan rings is 1. The topological polar surface area (TPSA) is 73.3 Å². The predicted octanol–water partition coefficient (Wildman–Crippen LogP) is 3.77. The van der Waals surface area contributed by atoms with Crippen molar-refractivity contribution in [3.8, 4) is 0 Å². The van der Waals surface area contributed by atoms with Gasteiger partial charge in [0.1, 0.15) is 4.92 Å². The zero-order valence-electron chi connectivity index (χ0n) is 11.0. The van der Waals surface area contributed by atoms with Gasteiger partial charge in [0.25, 0.3) is 0 Å². The van der Waals surface area contributed by atoms with E-state index in [4.69, 9.17) is 4.42 Å². The summed E-state index contributed by atoms with van der Waals surface area (Å²) in [7, 11) is 0. The number of hydrogen-bond acceptors (Lipinski definition) is 4. The molecule has 0 aliphatic heterocycles. The molecule has 0 bridgehead atoms. The van der Waals surface area contributed by atoms with Gasteiger partial charge in [-0.1, -0.05) is 42.5 Å². The molecule has 1 heterocycles. The Bertz CT molecular complexity index is 835. The van der Waals surface area contributed by atoms with Crippen LogP contribution in [-0.2, 0) is 6.42 Å². The smallest absolute Gasteiger partial charge is 0.397 e. The molecule has 3 rings (SSSR count). The van der Waals surface area contributed by atoms with Gasteiger partial charge < -0.3 is 4.42 Å². The van der Waals surface area contributed by atoms with Gasteiger partial charge >= 0.3 is 5.88 Å². The van der Waals surface area contributed by atoms with Gasteiger partial charge in [-0.15, -0.1) is 0 Å². The molecule has 5 nitrogen and oxygen atoms in total. The second-order valence-electron chi connectivity index (χ2n) is 4.68. The first kappa shape index (κ1) is 13.1. The molecule has 0 saturated heterocycles. The Morgan fingerprint density at radius 2 is 1.81 bits per heavy atom. The Labute approximate surface area is 120 Å². The van der Waals surface area contributed by atoms with Crippen LogP contribution in [0.4, 0.5) is 5.88 Å². The SMILES string of the molecule is O=C(Cc1ccc2ccccc2c1)c1ccc([N+](=O)[O-])o1. The van der Waals surface area contributed by atoms with Gasteiger partial charge in [-0.05, 0) is 22.4 Å². The van der Waals surface area contributed by atoms with Crippen LogP contribution in [0, 0.1) is 10.1 Å². The number of fused-ring (bicyclic) bond motifs is 1. The summed E-state index contributed by atoms with van der Waals surface area (Å²) >= 11 is 0. The lowest BCUT2D eigenvalue weighted by Crippen LogP contribution is -2.02. The van der Waals surface area contributed by atoms with Crippen molar-refractivity contribution in [3.63, 3.8) is 0 Å². The van der Waals surface area contributed by atoms with E-state index in [1.165, 1.54) is 12.1 Å². The number of Topliss-reactive ketones (excluding diaryl/α,β-unsaturated/α-hetero) is 1. The van der Waals surface area contributed by atoms with Gasteiger partial charge in [0, 0.05) is 6.42 Å². The first-order valence-corrected chi connectivity index (χ1v) is 6.38. The van der Waals surface area contributed by atoms with Gasteiger partial charge in [-0.2, -0.15) is 0 Å². The molecule has 104 valence electrons. The molecule has 0 atom stereocenters. The van der Waals surface area contributed by atoms with Gasteiger partial charge in [0.15, 0.2) is 5.76 Å².